The Labute approximate surface area is 138 Å². The third kappa shape index (κ3) is 2.96. The molecule has 0 unspecified atom stereocenters. The predicted octanol–water partition coefficient (Wildman–Crippen LogP) is 4.19. The van der Waals surface area contributed by atoms with E-state index in [1.165, 1.54) is 11.1 Å². The highest BCUT2D eigenvalue weighted by molar-refractivity contribution is 9.10. The van der Waals surface area contributed by atoms with Gasteiger partial charge in [-0.25, -0.2) is 0 Å². The van der Waals surface area contributed by atoms with Gasteiger partial charge in [0.2, 0.25) is 0 Å². The van der Waals surface area contributed by atoms with Gasteiger partial charge in [0.25, 0.3) is 0 Å². The van der Waals surface area contributed by atoms with Crippen LogP contribution in [-0.2, 0) is 11.8 Å². The standard InChI is InChI=1S/C17H17BrClNO/c1-21-15-6-7-16(18)12(8-15)9-17(10-20-11-17)13-2-4-14(19)5-3-13/h2-8,20H,9-11H2,1H3. The van der Waals surface area contributed by atoms with Gasteiger partial charge in [0.15, 0.2) is 0 Å². The summed E-state index contributed by atoms with van der Waals surface area (Å²) in [7, 11) is 1.70. The van der Waals surface area contributed by atoms with E-state index in [0.29, 0.717) is 0 Å². The smallest absolute Gasteiger partial charge is 0.119 e. The first kappa shape index (κ1) is 14.9. The molecule has 0 aliphatic carbocycles. The number of nitrogens with one attached hydrogen (secondary N) is 1. The summed E-state index contributed by atoms with van der Waals surface area (Å²) in [5.74, 6) is 0.895. The Morgan fingerprint density at radius 3 is 2.48 bits per heavy atom. The van der Waals surface area contributed by atoms with Crippen molar-refractivity contribution in [3.63, 3.8) is 0 Å². The van der Waals surface area contributed by atoms with Crippen LogP contribution >= 0.6 is 27.5 Å². The molecule has 0 atom stereocenters. The van der Waals surface area contributed by atoms with Crippen molar-refractivity contribution in [1.29, 1.82) is 0 Å². The molecule has 1 saturated heterocycles. The lowest BCUT2D eigenvalue weighted by atomic mass is 9.71. The van der Waals surface area contributed by atoms with Crippen molar-refractivity contribution in [2.24, 2.45) is 0 Å². The van der Waals surface area contributed by atoms with Crippen LogP contribution in [0.3, 0.4) is 0 Å². The Morgan fingerprint density at radius 1 is 1.19 bits per heavy atom. The normalized spacial score (nSPS) is 16.3. The lowest BCUT2D eigenvalue weighted by Crippen LogP contribution is -2.58. The number of halogens is 2. The molecule has 2 aromatic rings. The van der Waals surface area contributed by atoms with E-state index in [0.717, 1.165) is 34.8 Å². The second-order valence-electron chi connectivity index (χ2n) is 5.52. The molecular formula is C17H17BrClNO. The molecule has 0 radical (unpaired) electrons. The molecule has 21 heavy (non-hydrogen) atoms. The van der Waals surface area contributed by atoms with Crippen LogP contribution in [0, 0.1) is 0 Å². The van der Waals surface area contributed by atoms with Crippen LogP contribution in [0.2, 0.25) is 5.02 Å². The minimum absolute atomic E-state index is 0.138. The monoisotopic (exact) mass is 365 g/mol. The first-order valence-electron chi connectivity index (χ1n) is 6.92. The van der Waals surface area contributed by atoms with Crippen molar-refractivity contribution in [3.05, 3.63) is 63.1 Å². The van der Waals surface area contributed by atoms with E-state index in [2.05, 4.69) is 45.5 Å². The maximum atomic E-state index is 6.01. The second-order valence-corrected chi connectivity index (χ2v) is 6.82. The highest BCUT2D eigenvalue weighted by Crippen LogP contribution is 2.36. The summed E-state index contributed by atoms with van der Waals surface area (Å²) < 4.78 is 6.47. The fourth-order valence-electron chi connectivity index (χ4n) is 2.84. The highest BCUT2D eigenvalue weighted by atomic mass is 79.9. The van der Waals surface area contributed by atoms with Gasteiger partial charge < -0.3 is 10.1 Å². The van der Waals surface area contributed by atoms with E-state index in [1.54, 1.807) is 7.11 Å². The van der Waals surface area contributed by atoms with Crippen molar-refractivity contribution >= 4 is 27.5 Å². The van der Waals surface area contributed by atoms with Gasteiger partial charge >= 0.3 is 0 Å². The van der Waals surface area contributed by atoms with Crippen molar-refractivity contribution < 1.29 is 4.74 Å². The molecule has 0 spiro atoms. The molecule has 2 aromatic carbocycles. The molecule has 1 heterocycles. The summed E-state index contributed by atoms with van der Waals surface area (Å²) in [5.41, 5.74) is 2.74. The zero-order valence-corrected chi connectivity index (χ0v) is 14.2. The van der Waals surface area contributed by atoms with Crippen LogP contribution in [0.25, 0.3) is 0 Å². The fraction of sp³-hybridized carbons (Fsp3) is 0.294. The number of hydrogen-bond acceptors (Lipinski definition) is 2. The first-order valence-corrected chi connectivity index (χ1v) is 8.09. The maximum Gasteiger partial charge on any atom is 0.119 e. The summed E-state index contributed by atoms with van der Waals surface area (Å²) in [6.45, 7) is 1.97. The van der Waals surface area contributed by atoms with Gasteiger partial charge in [-0.2, -0.15) is 0 Å². The van der Waals surface area contributed by atoms with Crippen molar-refractivity contribution in [3.8, 4) is 5.75 Å². The van der Waals surface area contributed by atoms with Gasteiger partial charge in [0.05, 0.1) is 7.11 Å². The van der Waals surface area contributed by atoms with E-state index in [1.807, 2.05) is 18.2 Å². The Morgan fingerprint density at radius 2 is 1.90 bits per heavy atom. The Bertz CT molecular complexity index is 638. The van der Waals surface area contributed by atoms with Crippen LogP contribution in [0.1, 0.15) is 11.1 Å². The van der Waals surface area contributed by atoms with Crippen LogP contribution in [0.5, 0.6) is 5.75 Å². The minimum atomic E-state index is 0.138. The quantitative estimate of drug-likeness (QED) is 0.876. The van der Waals surface area contributed by atoms with Gasteiger partial charge in [-0.3, -0.25) is 0 Å². The lowest BCUT2D eigenvalue weighted by Gasteiger charge is -2.43. The SMILES string of the molecule is COc1ccc(Br)c(CC2(c3ccc(Cl)cc3)CNC2)c1. The first-order chi connectivity index (χ1) is 10.1. The van der Waals surface area contributed by atoms with Crippen molar-refractivity contribution in [2.45, 2.75) is 11.8 Å². The van der Waals surface area contributed by atoms with Gasteiger partial charge in [-0.1, -0.05) is 39.7 Å². The van der Waals surface area contributed by atoms with Crippen LogP contribution in [0.4, 0.5) is 0 Å². The Balaban J connectivity index is 1.92. The summed E-state index contributed by atoms with van der Waals surface area (Å²) in [6.07, 6.45) is 0.972. The second kappa shape index (κ2) is 5.99. The molecule has 1 aliphatic heterocycles. The molecule has 0 amide bonds. The number of ether oxygens (including phenoxy) is 1. The average Bonchev–Trinajstić information content (AvgIpc) is 2.46. The summed E-state index contributed by atoms with van der Waals surface area (Å²) in [4.78, 5) is 0. The van der Waals surface area contributed by atoms with Gasteiger partial charge in [0.1, 0.15) is 5.75 Å². The summed E-state index contributed by atoms with van der Waals surface area (Å²) >= 11 is 9.66. The number of rotatable bonds is 4. The lowest BCUT2D eigenvalue weighted by molar-refractivity contribution is 0.274. The van der Waals surface area contributed by atoms with Crippen LogP contribution < -0.4 is 10.1 Å². The average molecular weight is 367 g/mol. The Hall–Kier alpha value is -1.03. The molecule has 1 fully saturated rings. The van der Waals surface area contributed by atoms with Crippen molar-refractivity contribution in [1.82, 2.24) is 5.32 Å². The van der Waals surface area contributed by atoms with Gasteiger partial charge in [0, 0.05) is 28.0 Å². The number of methoxy groups -OCH3 is 1. The van der Waals surface area contributed by atoms with Gasteiger partial charge in [-0.05, 0) is 47.9 Å². The molecule has 1 aliphatic rings. The van der Waals surface area contributed by atoms with E-state index >= 15 is 0 Å². The molecular weight excluding hydrogens is 350 g/mol. The zero-order valence-electron chi connectivity index (χ0n) is 11.8. The topological polar surface area (TPSA) is 21.3 Å². The molecule has 0 bridgehead atoms. The number of hydrogen-bond donors (Lipinski definition) is 1. The zero-order chi connectivity index (χ0) is 14.9. The third-order valence-electron chi connectivity index (χ3n) is 4.17. The van der Waals surface area contributed by atoms with Crippen LogP contribution in [0.15, 0.2) is 46.9 Å². The van der Waals surface area contributed by atoms with Gasteiger partial charge in [-0.15, -0.1) is 0 Å². The van der Waals surface area contributed by atoms with E-state index < -0.39 is 0 Å². The fourth-order valence-corrected chi connectivity index (χ4v) is 3.35. The highest BCUT2D eigenvalue weighted by Gasteiger charge is 2.39. The molecule has 110 valence electrons. The molecule has 1 N–H and O–H groups in total. The van der Waals surface area contributed by atoms with Crippen LogP contribution in [-0.4, -0.2) is 20.2 Å². The molecule has 2 nitrogen and oxygen atoms in total. The van der Waals surface area contributed by atoms with E-state index in [-0.39, 0.29) is 5.41 Å². The van der Waals surface area contributed by atoms with Crippen molar-refractivity contribution in [2.75, 3.05) is 20.2 Å². The Kier molecular flexibility index (Phi) is 4.25. The van der Waals surface area contributed by atoms with E-state index in [4.69, 9.17) is 16.3 Å². The number of benzene rings is 2. The summed E-state index contributed by atoms with van der Waals surface area (Å²) in [6, 6.07) is 14.3. The molecule has 0 aromatic heterocycles. The predicted molar refractivity (Wildman–Crippen MR) is 90.4 cm³/mol. The minimum Gasteiger partial charge on any atom is -0.497 e. The largest absolute Gasteiger partial charge is 0.497 e. The summed E-state index contributed by atoms with van der Waals surface area (Å²) in [5, 5.41) is 4.19. The maximum absolute atomic E-state index is 6.01. The molecule has 0 saturated carbocycles. The molecule has 4 heteroatoms. The third-order valence-corrected chi connectivity index (χ3v) is 5.19. The van der Waals surface area contributed by atoms with E-state index in [9.17, 15) is 0 Å². The molecule has 3 rings (SSSR count).